The Labute approximate surface area is 130 Å². The topological polar surface area (TPSA) is 67.6 Å². The summed E-state index contributed by atoms with van der Waals surface area (Å²) in [4.78, 5) is 13.9. The Morgan fingerprint density at radius 3 is 2.33 bits per heavy atom. The zero-order valence-electron chi connectivity index (χ0n) is 14.7. The minimum atomic E-state index is -0.446. The van der Waals surface area contributed by atoms with E-state index in [-0.39, 0.29) is 6.09 Å². The zero-order valence-corrected chi connectivity index (χ0v) is 14.7. The second-order valence-electron chi connectivity index (χ2n) is 6.91. The molecular weight excluding hydrogens is 266 g/mol. The number of hydrogen-bond acceptors (Lipinski definition) is 4. The van der Waals surface area contributed by atoms with Crippen LogP contribution in [0, 0.1) is 11.8 Å². The van der Waals surface area contributed by atoms with Gasteiger partial charge in [0.1, 0.15) is 5.60 Å². The third-order valence-electron chi connectivity index (χ3n) is 3.36. The molecule has 1 unspecified atom stereocenters. The third kappa shape index (κ3) is 9.69. The minimum Gasteiger partial charge on any atom is -0.444 e. The van der Waals surface area contributed by atoms with Gasteiger partial charge in [0.05, 0.1) is 0 Å². The van der Waals surface area contributed by atoms with Gasteiger partial charge in [-0.1, -0.05) is 20.8 Å². The van der Waals surface area contributed by atoms with E-state index >= 15 is 0 Å². The first kappa shape index (κ1) is 20.2. The maximum Gasteiger partial charge on any atom is 0.410 e. The van der Waals surface area contributed by atoms with Crippen molar-refractivity contribution in [2.75, 3.05) is 32.7 Å². The van der Waals surface area contributed by atoms with Gasteiger partial charge in [-0.25, -0.2) is 4.79 Å². The molecule has 5 heteroatoms. The number of amides is 1. The molecule has 0 aromatic carbocycles. The molecule has 0 saturated carbocycles. The molecule has 0 aliphatic rings. The Balaban J connectivity index is 4.18. The molecule has 0 aliphatic heterocycles. The van der Waals surface area contributed by atoms with Crippen LogP contribution in [0.5, 0.6) is 0 Å². The summed E-state index contributed by atoms with van der Waals surface area (Å²) in [6.07, 6.45) is 0.696. The van der Waals surface area contributed by atoms with Gasteiger partial charge in [-0.2, -0.15) is 0 Å². The van der Waals surface area contributed by atoms with Crippen molar-refractivity contribution < 1.29 is 9.53 Å². The Hall–Kier alpha value is -0.810. The SMILES string of the molecule is CCCN(CCNCC(CN)C(C)C)C(=O)OC(C)(C)C. The molecule has 0 aromatic heterocycles. The molecule has 126 valence electrons. The summed E-state index contributed by atoms with van der Waals surface area (Å²) in [7, 11) is 0. The van der Waals surface area contributed by atoms with E-state index in [1.807, 2.05) is 20.8 Å². The number of hydrogen-bond donors (Lipinski definition) is 2. The van der Waals surface area contributed by atoms with Crippen molar-refractivity contribution in [2.24, 2.45) is 17.6 Å². The highest BCUT2D eigenvalue weighted by Crippen LogP contribution is 2.10. The van der Waals surface area contributed by atoms with Gasteiger partial charge >= 0.3 is 6.09 Å². The lowest BCUT2D eigenvalue weighted by molar-refractivity contribution is 0.0251. The maximum atomic E-state index is 12.1. The Bertz CT molecular complexity index is 288. The molecule has 1 amide bonds. The van der Waals surface area contributed by atoms with Gasteiger partial charge in [0, 0.05) is 19.6 Å². The van der Waals surface area contributed by atoms with E-state index < -0.39 is 5.60 Å². The smallest absolute Gasteiger partial charge is 0.410 e. The highest BCUT2D eigenvalue weighted by molar-refractivity contribution is 5.68. The predicted molar refractivity (Wildman–Crippen MR) is 88.4 cm³/mol. The summed E-state index contributed by atoms with van der Waals surface area (Å²) in [5, 5.41) is 3.39. The normalized spacial score (nSPS) is 13.3. The van der Waals surface area contributed by atoms with E-state index in [4.69, 9.17) is 10.5 Å². The fraction of sp³-hybridized carbons (Fsp3) is 0.938. The van der Waals surface area contributed by atoms with Crippen LogP contribution in [0.4, 0.5) is 4.79 Å². The second kappa shape index (κ2) is 10.0. The molecule has 0 saturated heterocycles. The molecule has 0 radical (unpaired) electrons. The van der Waals surface area contributed by atoms with Crippen molar-refractivity contribution in [3.05, 3.63) is 0 Å². The third-order valence-corrected chi connectivity index (χ3v) is 3.36. The summed E-state index contributed by atoms with van der Waals surface area (Å²) in [6.45, 7) is 15.8. The minimum absolute atomic E-state index is 0.231. The zero-order chi connectivity index (χ0) is 16.5. The summed E-state index contributed by atoms with van der Waals surface area (Å²) in [5.41, 5.74) is 5.31. The van der Waals surface area contributed by atoms with Crippen LogP contribution in [0.1, 0.15) is 48.0 Å². The van der Waals surface area contributed by atoms with Crippen molar-refractivity contribution >= 4 is 6.09 Å². The number of rotatable bonds is 9. The van der Waals surface area contributed by atoms with Gasteiger partial charge in [-0.3, -0.25) is 0 Å². The number of nitrogens with two attached hydrogens (primary N) is 1. The van der Waals surface area contributed by atoms with E-state index in [0.29, 0.717) is 24.9 Å². The van der Waals surface area contributed by atoms with Crippen molar-refractivity contribution in [3.8, 4) is 0 Å². The molecule has 0 heterocycles. The van der Waals surface area contributed by atoms with Crippen LogP contribution in [0.15, 0.2) is 0 Å². The number of carbonyl (C=O) groups excluding carboxylic acids is 1. The first-order chi connectivity index (χ1) is 9.71. The Kier molecular flexibility index (Phi) is 9.62. The van der Waals surface area contributed by atoms with Crippen LogP contribution in [0.2, 0.25) is 0 Å². The van der Waals surface area contributed by atoms with Crippen molar-refractivity contribution in [3.63, 3.8) is 0 Å². The Morgan fingerprint density at radius 1 is 1.29 bits per heavy atom. The van der Waals surface area contributed by atoms with Gasteiger partial charge in [-0.15, -0.1) is 0 Å². The fourth-order valence-corrected chi connectivity index (χ4v) is 1.98. The van der Waals surface area contributed by atoms with Crippen LogP contribution in [0.25, 0.3) is 0 Å². The van der Waals surface area contributed by atoms with E-state index in [0.717, 1.165) is 26.1 Å². The lowest BCUT2D eigenvalue weighted by atomic mass is 9.96. The lowest BCUT2D eigenvalue weighted by Crippen LogP contribution is -2.42. The standard InChI is InChI=1S/C16H35N3O2/c1-7-9-19(15(20)21-16(4,5)6)10-8-18-12-14(11-17)13(2)3/h13-14,18H,7-12,17H2,1-6H3. The van der Waals surface area contributed by atoms with E-state index in [9.17, 15) is 4.79 Å². The van der Waals surface area contributed by atoms with Gasteiger partial charge in [0.2, 0.25) is 0 Å². The van der Waals surface area contributed by atoms with Crippen LogP contribution in [-0.4, -0.2) is 49.3 Å². The van der Waals surface area contributed by atoms with Crippen molar-refractivity contribution in [2.45, 2.75) is 53.6 Å². The molecule has 1 atom stereocenters. The van der Waals surface area contributed by atoms with E-state index in [1.165, 1.54) is 0 Å². The summed E-state index contributed by atoms with van der Waals surface area (Å²) >= 11 is 0. The molecule has 0 aromatic rings. The number of nitrogens with zero attached hydrogens (tertiary/aromatic N) is 1. The molecule has 0 fully saturated rings. The van der Waals surface area contributed by atoms with Gasteiger partial charge in [0.25, 0.3) is 0 Å². The molecule has 0 spiro atoms. The Morgan fingerprint density at radius 2 is 1.90 bits per heavy atom. The molecule has 0 rings (SSSR count). The lowest BCUT2D eigenvalue weighted by Gasteiger charge is -2.27. The fourth-order valence-electron chi connectivity index (χ4n) is 1.98. The van der Waals surface area contributed by atoms with Gasteiger partial charge < -0.3 is 20.7 Å². The number of ether oxygens (including phenoxy) is 1. The average Bonchev–Trinajstić information content (AvgIpc) is 2.34. The number of nitrogens with one attached hydrogen (secondary N) is 1. The molecule has 21 heavy (non-hydrogen) atoms. The first-order valence-electron chi connectivity index (χ1n) is 8.10. The van der Waals surface area contributed by atoms with Crippen LogP contribution < -0.4 is 11.1 Å². The monoisotopic (exact) mass is 301 g/mol. The van der Waals surface area contributed by atoms with Crippen LogP contribution in [-0.2, 0) is 4.74 Å². The molecular formula is C16H35N3O2. The van der Waals surface area contributed by atoms with Gasteiger partial charge in [0.15, 0.2) is 0 Å². The summed E-state index contributed by atoms with van der Waals surface area (Å²) in [6, 6.07) is 0. The van der Waals surface area contributed by atoms with E-state index in [2.05, 4.69) is 26.1 Å². The summed E-state index contributed by atoms with van der Waals surface area (Å²) < 4.78 is 5.43. The van der Waals surface area contributed by atoms with Crippen LogP contribution in [0.3, 0.4) is 0 Å². The predicted octanol–water partition coefficient (Wildman–Crippen LogP) is 2.45. The highest BCUT2D eigenvalue weighted by atomic mass is 16.6. The first-order valence-corrected chi connectivity index (χ1v) is 8.10. The molecule has 0 aliphatic carbocycles. The quantitative estimate of drug-likeness (QED) is 0.642. The van der Waals surface area contributed by atoms with Gasteiger partial charge in [-0.05, 0) is 52.1 Å². The van der Waals surface area contributed by atoms with Crippen LogP contribution >= 0.6 is 0 Å². The molecule has 0 bridgehead atoms. The highest BCUT2D eigenvalue weighted by Gasteiger charge is 2.21. The van der Waals surface area contributed by atoms with Crippen molar-refractivity contribution in [1.29, 1.82) is 0 Å². The molecule has 5 nitrogen and oxygen atoms in total. The second-order valence-corrected chi connectivity index (χ2v) is 6.91. The summed E-state index contributed by atoms with van der Waals surface area (Å²) in [5.74, 6) is 1.05. The maximum absolute atomic E-state index is 12.1. The van der Waals surface area contributed by atoms with Crippen molar-refractivity contribution in [1.82, 2.24) is 10.2 Å². The molecule has 3 N–H and O–H groups in total. The van der Waals surface area contributed by atoms with E-state index in [1.54, 1.807) is 4.90 Å². The largest absolute Gasteiger partial charge is 0.444 e. The number of carbonyl (C=O) groups is 1. The average molecular weight is 301 g/mol.